The summed E-state index contributed by atoms with van der Waals surface area (Å²) in [6, 6.07) is 0.137. The second kappa shape index (κ2) is 7.54. The number of ether oxygens (including phenoxy) is 1. The van der Waals surface area contributed by atoms with E-state index in [1.165, 1.54) is 0 Å². The van der Waals surface area contributed by atoms with Gasteiger partial charge in [0.2, 0.25) is 5.91 Å². The number of amides is 2. The first kappa shape index (κ1) is 18.9. The van der Waals surface area contributed by atoms with Crippen molar-refractivity contribution in [2.24, 2.45) is 11.8 Å². The molecule has 2 amide bonds. The Bertz CT molecular complexity index is 785. The molecule has 1 aliphatic carbocycles. The summed E-state index contributed by atoms with van der Waals surface area (Å²) in [5.74, 6) is -3.36. The number of carboxylic acids is 1. The summed E-state index contributed by atoms with van der Waals surface area (Å²) in [6.45, 7) is 2.44. The largest absolute Gasteiger partial charge is 0.481 e. The molecular formula is C19H26N4O5. The van der Waals surface area contributed by atoms with E-state index in [9.17, 15) is 19.5 Å². The number of hydrogen-bond acceptors (Lipinski definition) is 5. The van der Waals surface area contributed by atoms with E-state index >= 15 is 0 Å². The minimum absolute atomic E-state index is 0.137. The van der Waals surface area contributed by atoms with Crippen LogP contribution >= 0.6 is 0 Å². The maximum absolute atomic E-state index is 12.9. The van der Waals surface area contributed by atoms with Crippen LogP contribution in [0.5, 0.6) is 0 Å². The van der Waals surface area contributed by atoms with Crippen LogP contribution in [0.1, 0.15) is 55.9 Å². The van der Waals surface area contributed by atoms with Gasteiger partial charge in [0.05, 0.1) is 29.7 Å². The minimum Gasteiger partial charge on any atom is -0.481 e. The molecule has 3 aliphatic rings. The third kappa shape index (κ3) is 3.39. The normalized spacial score (nSPS) is 29.2. The van der Waals surface area contributed by atoms with Gasteiger partial charge in [-0.1, -0.05) is 12.8 Å². The fourth-order valence-corrected chi connectivity index (χ4v) is 4.71. The first-order valence-electron chi connectivity index (χ1n) is 10.1. The number of carboxylic acid groups (broad SMARTS) is 1. The zero-order valence-corrected chi connectivity index (χ0v) is 15.9. The number of aromatic nitrogens is 2. The monoisotopic (exact) mass is 390 g/mol. The average molecular weight is 390 g/mol. The third-order valence-electron chi connectivity index (χ3n) is 6.11. The van der Waals surface area contributed by atoms with Crippen LogP contribution in [0.15, 0.2) is 6.20 Å². The van der Waals surface area contributed by atoms with E-state index in [0.717, 1.165) is 25.7 Å². The van der Waals surface area contributed by atoms with Crippen LogP contribution in [-0.2, 0) is 20.9 Å². The summed E-state index contributed by atoms with van der Waals surface area (Å²) in [7, 11) is 0. The van der Waals surface area contributed by atoms with Crippen molar-refractivity contribution in [3.05, 3.63) is 11.9 Å². The van der Waals surface area contributed by atoms with Crippen LogP contribution in [0.3, 0.4) is 0 Å². The van der Waals surface area contributed by atoms with E-state index < -0.39 is 29.8 Å². The predicted octanol–water partition coefficient (Wildman–Crippen LogP) is 1.39. The topological polar surface area (TPSA) is 123 Å². The fraction of sp³-hybridized carbons (Fsp3) is 0.684. The highest BCUT2D eigenvalue weighted by Crippen LogP contribution is 2.44. The van der Waals surface area contributed by atoms with Crippen molar-refractivity contribution >= 4 is 23.5 Å². The van der Waals surface area contributed by atoms with Gasteiger partial charge >= 0.3 is 5.97 Å². The van der Waals surface area contributed by atoms with Gasteiger partial charge in [0.15, 0.2) is 5.69 Å². The molecule has 28 heavy (non-hydrogen) atoms. The molecule has 2 bridgehead atoms. The van der Waals surface area contributed by atoms with Gasteiger partial charge in [0.1, 0.15) is 0 Å². The number of nitrogens with one attached hydrogen (secondary N) is 2. The summed E-state index contributed by atoms with van der Waals surface area (Å²) >= 11 is 0. The predicted molar refractivity (Wildman–Crippen MR) is 98.8 cm³/mol. The van der Waals surface area contributed by atoms with Gasteiger partial charge in [-0.2, -0.15) is 5.10 Å². The molecule has 3 heterocycles. The maximum atomic E-state index is 12.9. The molecule has 3 fully saturated rings. The molecule has 0 spiro atoms. The molecule has 3 N–H and O–H groups in total. The molecule has 1 saturated carbocycles. The molecule has 4 rings (SSSR count). The Morgan fingerprint density at radius 2 is 1.86 bits per heavy atom. The van der Waals surface area contributed by atoms with Crippen molar-refractivity contribution in [1.82, 2.24) is 15.1 Å². The van der Waals surface area contributed by atoms with Gasteiger partial charge in [0, 0.05) is 18.8 Å². The van der Waals surface area contributed by atoms with Crippen LogP contribution in [0.25, 0.3) is 0 Å². The molecule has 0 unspecified atom stereocenters. The number of fused-ring (bicyclic) bond motifs is 2. The van der Waals surface area contributed by atoms with Crippen LogP contribution in [0, 0.1) is 11.8 Å². The number of nitrogens with zero attached hydrogens (tertiary/aromatic N) is 2. The highest BCUT2D eigenvalue weighted by molar-refractivity contribution is 6.03. The van der Waals surface area contributed by atoms with Crippen molar-refractivity contribution < 1.29 is 24.2 Å². The molecule has 1 aromatic heterocycles. The SMILES string of the molecule is CCn1cc(NC(=O)[C@@H]2[C@@H](C(=O)O)[C@@H]3CC[C@@H]2O3)c(C(=O)NC2CCCC2)n1. The standard InChI is InChI=1S/C19H26N4O5/c1-2-23-9-11(16(22-23)18(25)20-10-5-3-4-6-10)21-17(24)14-12-7-8-13(28-12)15(14)19(26)27/h9-10,12-15H,2-8H2,1H3,(H,20,25)(H,21,24)(H,26,27)/t12-,13-,14-,15-/m0/s1. The van der Waals surface area contributed by atoms with Crippen molar-refractivity contribution in [2.45, 2.75) is 70.2 Å². The van der Waals surface area contributed by atoms with E-state index in [2.05, 4.69) is 15.7 Å². The molecule has 152 valence electrons. The van der Waals surface area contributed by atoms with E-state index in [-0.39, 0.29) is 23.7 Å². The summed E-state index contributed by atoms with van der Waals surface area (Å²) in [5, 5.41) is 19.6. The second-order valence-corrected chi connectivity index (χ2v) is 7.87. The number of hydrogen-bond donors (Lipinski definition) is 3. The van der Waals surface area contributed by atoms with Crippen molar-refractivity contribution in [3.63, 3.8) is 0 Å². The lowest BCUT2D eigenvalue weighted by Gasteiger charge is -2.23. The van der Waals surface area contributed by atoms with E-state index in [4.69, 9.17) is 4.74 Å². The lowest BCUT2D eigenvalue weighted by molar-refractivity contribution is -0.147. The average Bonchev–Trinajstić information content (AvgIpc) is 3.44. The second-order valence-electron chi connectivity index (χ2n) is 7.87. The number of carbonyl (C=O) groups excluding carboxylic acids is 2. The molecule has 9 heteroatoms. The van der Waals surface area contributed by atoms with Gasteiger partial charge in [-0.15, -0.1) is 0 Å². The van der Waals surface area contributed by atoms with Crippen molar-refractivity contribution in [2.75, 3.05) is 5.32 Å². The maximum Gasteiger partial charge on any atom is 0.310 e. The molecule has 2 aliphatic heterocycles. The van der Waals surface area contributed by atoms with Gasteiger partial charge < -0.3 is 20.5 Å². The molecule has 9 nitrogen and oxygen atoms in total. The number of carbonyl (C=O) groups is 3. The number of anilines is 1. The molecule has 0 radical (unpaired) electrons. The number of aryl methyl sites for hydroxylation is 1. The summed E-state index contributed by atoms with van der Waals surface area (Å²) in [5.41, 5.74) is 0.479. The fourth-order valence-electron chi connectivity index (χ4n) is 4.71. The van der Waals surface area contributed by atoms with Gasteiger partial charge in [0.25, 0.3) is 5.91 Å². The lowest BCUT2D eigenvalue weighted by Crippen LogP contribution is -2.41. The molecule has 2 saturated heterocycles. The van der Waals surface area contributed by atoms with Crippen LogP contribution < -0.4 is 10.6 Å². The molecule has 0 aromatic carbocycles. The van der Waals surface area contributed by atoms with E-state index in [0.29, 0.717) is 25.1 Å². The minimum atomic E-state index is -1.02. The van der Waals surface area contributed by atoms with Crippen molar-refractivity contribution in [1.29, 1.82) is 0 Å². The third-order valence-corrected chi connectivity index (χ3v) is 6.11. The van der Waals surface area contributed by atoms with E-state index in [1.807, 2.05) is 6.92 Å². The summed E-state index contributed by atoms with van der Waals surface area (Å²) in [6.07, 6.45) is 6.24. The number of aliphatic carboxylic acids is 1. The zero-order valence-electron chi connectivity index (χ0n) is 15.9. The molecule has 1 aromatic rings. The highest BCUT2D eigenvalue weighted by Gasteiger charge is 2.55. The van der Waals surface area contributed by atoms with Gasteiger partial charge in [-0.05, 0) is 32.6 Å². The quantitative estimate of drug-likeness (QED) is 0.675. The first-order valence-corrected chi connectivity index (χ1v) is 10.1. The summed E-state index contributed by atoms with van der Waals surface area (Å²) < 4.78 is 7.26. The van der Waals surface area contributed by atoms with E-state index in [1.54, 1.807) is 10.9 Å². The summed E-state index contributed by atoms with van der Waals surface area (Å²) in [4.78, 5) is 37.2. The van der Waals surface area contributed by atoms with Crippen LogP contribution in [0.2, 0.25) is 0 Å². The molecule has 4 atom stereocenters. The van der Waals surface area contributed by atoms with Crippen LogP contribution in [-0.4, -0.2) is 50.9 Å². The van der Waals surface area contributed by atoms with Crippen molar-refractivity contribution in [3.8, 4) is 0 Å². The highest BCUT2D eigenvalue weighted by atomic mass is 16.5. The van der Waals surface area contributed by atoms with Gasteiger partial charge in [-0.25, -0.2) is 0 Å². The Morgan fingerprint density at radius 1 is 1.18 bits per heavy atom. The Hall–Kier alpha value is -2.42. The van der Waals surface area contributed by atoms with Crippen LogP contribution in [0.4, 0.5) is 5.69 Å². The Kier molecular flexibility index (Phi) is 5.09. The van der Waals surface area contributed by atoms with Gasteiger partial charge in [-0.3, -0.25) is 19.1 Å². The lowest BCUT2D eigenvalue weighted by atomic mass is 9.78. The Morgan fingerprint density at radius 3 is 2.50 bits per heavy atom. The Labute approximate surface area is 162 Å². The smallest absolute Gasteiger partial charge is 0.310 e. The number of rotatable bonds is 6. The Balaban J connectivity index is 1.52. The molecular weight excluding hydrogens is 364 g/mol. The first-order chi connectivity index (χ1) is 13.5. The zero-order chi connectivity index (χ0) is 19.8.